The molecule has 0 radical (unpaired) electrons. The van der Waals surface area contributed by atoms with E-state index in [1.165, 1.54) is 18.4 Å². The molecular formula is C26H32ClN3O3. The molecule has 0 spiro atoms. The van der Waals surface area contributed by atoms with Gasteiger partial charge in [0.1, 0.15) is 5.75 Å². The Kier molecular flexibility index (Phi) is 7.89. The molecule has 2 fully saturated rings. The number of carbonyl (C=O) groups excluding carboxylic acids is 2. The van der Waals surface area contributed by atoms with Crippen LogP contribution in [0.15, 0.2) is 48.5 Å². The van der Waals surface area contributed by atoms with E-state index in [9.17, 15) is 9.59 Å². The van der Waals surface area contributed by atoms with Crippen molar-refractivity contribution < 1.29 is 14.3 Å². The van der Waals surface area contributed by atoms with E-state index >= 15 is 0 Å². The van der Waals surface area contributed by atoms with Gasteiger partial charge in [0.2, 0.25) is 5.91 Å². The summed E-state index contributed by atoms with van der Waals surface area (Å²) in [7, 11) is 1.67. The summed E-state index contributed by atoms with van der Waals surface area (Å²) >= 11 is 5.95. The lowest BCUT2D eigenvalue weighted by Gasteiger charge is -2.33. The number of nitrogens with zero attached hydrogens (tertiary/aromatic N) is 2. The standard InChI is InChI=1S/C26H32ClN3O3/c1-33-23-12-8-19(9-13-23)24(29-14-2-3-15-29)17-28-25(31)21-5-4-16-30(18-21)26(32)20-6-10-22(27)11-7-20/h6-13,21,24H,2-5,14-18H2,1H3,(H,28,31). The maximum Gasteiger partial charge on any atom is 0.253 e. The summed E-state index contributed by atoms with van der Waals surface area (Å²) in [5.41, 5.74) is 1.79. The average molecular weight is 470 g/mol. The van der Waals surface area contributed by atoms with Gasteiger partial charge in [-0.2, -0.15) is 0 Å². The molecule has 2 aliphatic heterocycles. The summed E-state index contributed by atoms with van der Waals surface area (Å²) in [6, 6.07) is 15.2. The first kappa shape index (κ1) is 23.6. The van der Waals surface area contributed by atoms with Crippen molar-refractivity contribution in [2.24, 2.45) is 5.92 Å². The summed E-state index contributed by atoms with van der Waals surface area (Å²) < 4.78 is 5.30. The normalized spacial score (nSPS) is 19.8. The molecule has 0 aliphatic carbocycles. The second-order valence-corrected chi connectivity index (χ2v) is 9.31. The summed E-state index contributed by atoms with van der Waals surface area (Å²) in [4.78, 5) is 30.2. The number of likely N-dealkylation sites (tertiary alicyclic amines) is 2. The van der Waals surface area contributed by atoms with E-state index in [1.807, 2.05) is 12.1 Å². The number of nitrogens with one attached hydrogen (secondary N) is 1. The maximum absolute atomic E-state index is 13.1. The van der Waals surface area contributed by atoms with Gasteiger partial charge < -0.3 is 15.0 Å². The molecule has 0 saturated carbocycles. The van der Waals surface area contributed by atoms with Crippen LogP contribution in [-0.2, 0) is 4.79 Å². The highest BCUT2D eigenvalue weighted by atomic mass is 35.5. The molecular weight excluding hydrogens is 438 g/mol. The highest BCUT2D eigenvalue weighted by molar-refractivity contribution is 6.30. The highest BCUT2D eigenvalue weighted by Crippen LogP contribution is 2.27. The van der Waals surface area contributed by atoms with Gasteiger partial charge in [0.25, 0.3) is 5.91 Å². The number of piperidine rings is 1. The first-order chi connectivity index (χ1) is 16.0. The Balaban J connectivity index is 1.38. The minimum absolute atomic E-state index is 0.0290. The summed E-state index contributed by atoms with van der Waals surface area (Å²) in [5.74, 6) is 0.624. The van der Waals surface area contributed by atoms with Crippen molar-refractivity contribution in [3.63, 3.8) is 0 Å². The average Bonchev–Trinajstić information content (AvgIpc) is 3.39. The van der Waals surface area contributed by atoms with Crippen molar-refractivity contribution in [2.75, 3.05) is 39.8 Å². The molecule has 2 amide bonds. The molecule has 33 heavy (non-hydrogen) atoms. The molecule has 4 rings (SSSR count). The van der Waals surface area contributed by atoms with E-state index < -0.39 is 0 Å². The quantitative estimate of drug-likeness (QED) is 0.661. The minimum atomic E-state index is -0.190. The molecule has 0 bridgehead atoms. The number of amides is 2. The second-order valence-electron chi connectivity index (χ2n) is 8.87. The van der Waals surface area contributed by atoms with Crippen LogP contribution in [0.4, 0.5) is 0 Å². The third-order valence-corrected chi connectivity index (χ3v) is 6.97. The van der Waals surface area contributed by atoms with Crippen molar-refractivity contribution >= 4 is 23.4 Å². The van der Waals surface area contributed by atoms with Crippen molar-refractivity contribution in [1.29, 1.82) is 0 Å². The van der Waals surface area contributed by atoms with Crippen molar-refractivity contribution in [3.05, 3.63) is 64.7 Å². The van der Waals surface area contributed by atoms with Gasteiger partial charge in [-0.15, -0.1) is 0 Å². The lowest BCUT2D eigenvalue weighted by molar-refractivity contribution is -0.126. The van der Waals surface area contributed by atoms with Crippen LogP contribution in [0.25, 0.3) is 0 Å². The third-order valence-electron chi connectivity index (χ3n) is 6.72. The van der Waals surface area contributed by atoms with Gasteiger partial charge in [-0.25, -0.2) is 0 Å². The van der Waals surface area contributed by atoms with Gasteiger partial charge >= 0.3 is 0 Å². The van der Waals surface area contributed by atoms with Crippen LogP contribution >= 0.6 is 11.6 Å². The Morgan fingerprint density at radius 2 is 1.73 bits per heavy atom. The van der Waals surface area contributed by atoms with Crippen molar-refractivity contribution in [1.82, 2.24) is 15.1 Å². The topological polar surface area (TPSA) is 61.9 Å². The van der Waals surface area contributed by atoms with E-state index in [-0.39, 0.29) is 23.8 Å². The van der Waals surface area contributed by atoms with Gasteiger partial charge in [0.15, 0.2) is 0 Å². The smallest absolute Gasteiger partial charge is 0.253 e. The number of methoxy groups -OCH3 is 1. The van der Waals surface area contributed by atoms with E-state index in [1.54, 1.807) is 36.3 Å². The largest absolute Gasteiger partial charge is 0.497 e. The highest BCUT2D eigenvalue weighted by Gasteiger charge is 2.30. The molecule has 1 N–H and O–H groups in total. The fourth-order valence-electron chi connectivity index (χ4n) is 4.83. The number of benzene rings is 2. The zero-order chi connectivity index (χ0) is 23.2. The number of halogens is 1. The molecule has 6 nitrogen and oxygen atoms in total. The molecule has 2 saturated heterocycles. The molecule has 2 aliphatic rings. The molecule has 2 heterocycles. The number of hydrogen-bond donors (Lipinski definition) is 1. The third kappa shape index (κ3) is 5.87. The Bertz CT molecular complexity index is 942. The number of carbonyl (C=O) groups is 2. The predicted octanol–water partition coefficient (Wildman–Crippen LogP) is 4.15. The van der Waals surface area contributed by atoms with Gasteiger partial charge in [-0.05, 0) is 80.7 Å². The molecule has 0 aromatic heterocycles. The van der Waals surface area contributed by atoms with Crippen LogP contribution in [0.2, 0.25) is 5.02 Å². The van der Waals surface area contributed by atoms with E-state index in [0.29, 0.717) is 30.2 Å². The van der Waals surface area contributed by atoms with Gasteiger partial charge in [0, 0.05) is 30.2 Å². The number of rotatable bonds is 7. The van der Waals surface area contributed by atoms with E-state index in [2.05, 4.69) is 22.3 Å². The zero-order valence-electron chi connectivity index (χ0n) is 19.1. The predicted molar refractivity (Wildman–Crippen MR) is 130 cm³/mol. The number of hydrogen-bond acceptors (Lipinski definition) is 4. The first-order valence-corrected chi connectivity index (χ1v) is 12.1. The van der Waals surface area contributed by atoms with E-state index in [4.69, 9.17) is 16.3 Å². The first-order valence-electron chi connectivity index (χ1n) is 11.8. The summed E-state index contributed by atoms with van der Waals surface area (Å²) in [6.45, 7) is 3.77. The van der Waals surface area contributed by atoms with Crippen LogP contribution in [0, 0.1) is 5.92 Å². The van der Waals surface area contributed by atoms with Gasteiger partial charge in [-0.3, -0.25) is 14.5 Å². The van der Waals surface area contributed by atoms with Crippen molar-refractivity contribution in [2.45, 2.75) is 31.7 Å². The van der Waals surface area contributed by atoms with Gasteiger partial charge in [-0.1, -0.05) is 23.7 Å². The second kappa shape index (κ2) is 11.0. The Labute approximate surface area is 200 Å². The lowest BCUT2D eigenvalue weighted by Crippen LogP contribution is -2.47. The van der Waals surface area contributed by atoms with Crippen LogP contribution < -0.4 is 10.1 Å². The molecule has 2 unspecified atom stereocenters. The number of ether oxygens (including phenoxy) is 1. The zero-order valence-corrected chi connectivity index (χ0v) is 19.9. The van der Waals surface area contributed by atoms with Crippen molar-refractivity contribution in [3.8, 4) is 5.75 Å². The fourth-order valence-corrected chi connectivity index (χ4v) is 4.96. The van der Waals surface area contributed by atoms with Crippen LogP contribution in [-0.4, -0.2) is 61.4 Å². The molecule has 2 aromatic carbocycles. The monoisotopic (exact) mass is 469 g/mol. The maximum atomic E-state index is 13.1. The van der Waals surface area contributed by atoms with E-state index in [0.717, 1.165) is 31.7 Å². The summed E-state index contributed by atoms with van der Waals surface area (Å²) in [5, 5.41) is 3.80. The molecule has 7 heteroatoms. The molecule has 176 valence electrons. The Hall–Kier alpha value is -2.57. The van der Waals surface area contributed by atoms with Crippen LogP contribution in [0.5, 0.6) is 5.75 Å². The van der Waals surface area contributed by atoms with Crippen LogP contribution in [0.3, 0.4) is 0 Å². The Morgan fingerprint density at radius 1 is 1.03 bits per heavy atom. The SMILES string of the molecule is COc1ccc(C(CNC(=O)C2CCCN(C(=O)c3ccc(Cl)cc3)C2)N2CCCC2)cc1. The van der Waals surface area contributed by atoms with Gasteiger partial charge in [0.05, 0.1) is 19.1 Å². The fraction of sp³-hybridized carbons (Fsp3) is 0.462. The lowest BCUT2D eigenvalue weighted by atomic mass is 9.96. The Morgan fingerprint density at radius 3 is 2.39 bits per heavy atom. The molecule has 2 atom stereocenters. The minimum Gasteiger partial charge on any atom is -0.497 e. The van der Waals surface area contributed by atoms with Crippen LogP contribution in [0.1, 0.15) is 47.6 Å². The molecule has 2 aromatic rings. The summed E-state index contributed by atoms with van der Waals surface area (Å²) in [6.07, 6.45) is 3.99.